The minimum atomic E-state index is -0.591. The fraction of sp³-hybridized carbons (Fsp3) is 0.0714. The van der Waals surface area contributed by atoms with Crippen molar-refractivity contribution in [1.29, 1.82) is 0 Å². The second-order valence-corrected chi connectivity index (χ2v) is 4.55. The van der Waals surface area contributed by atoms with E-state index in [4.69, 9.17) is 17.3 Å². The molecule has 3 nitrogen and oxygen atoms in total. The number of hydrogen-bond acceptors (Lipinski definition) is 2. The number of para-hydroxylation sites is 1. The van der Waals surface area contributed by atoms with Crippen LogP contribution in [0.25, 0.3) is 0 Å². The van der Waals surface area contributed by atoms with Crippen LogP contribution in [0.1, 0.15) is 15.9 Å². The zero-order chi connectivity index (χ0) is 14.0. The number of nitrogens with two attached hydrogens (primary N) is 1. The van der Waals surface area contributed by atoms with Crippen LogP contribution in [-0.2, 0) is 0 Å². The molecule has 0 aliphatic carbocycles. The fourth-order valence-electron chi connectivity index (χ4n) is 1.69. The highest BCUT2D eigenvalue weighted by molar-refractivity contribution is 6.34. The van der Waals surface area contributed by atoms with Gasteiger partial charge in [0, 0.05) is 5.69 Å². The van der Waals surface area contributed by atoms with E-state index in [2.05, 4.69) is 5.32 Å². The Hall–Kier alpha value is -2.07. The van der Waals surface area contributed by atoms with Gasteiger partial charge in [0.05, 0.1) is 16.3 Å². The molecular weight excluding hydrogens is 267 g/mol. The topological polar surface area (TPSA) is 55.1 Å². The molecule has 0 fully saturated rings. The molecule has 1 amide bonds. The predicted molar refractivity (Wildman–Crippen MR) is 75.0 cm³/mol. The lowest BCUT2D eigenvalue weighted by atomic mass is 10.1. The molecule has 98 valence electrons. The van der Waals surface area contributed by atoms with E-state index in [-0.39, 0.29) is 16.3 Å². The molecule has 2 aromatic carbocycles. The number of carbonyl (C=O) groups is 1. The maximum Gasteiger partial charge on any atom is 0.257 e. The number of carbonyl (C=O) groups excluding carboxylic acids is 1. The molecule has 0 radical (unpaired) electrons. The van der Waals surface area contributed by atoms with E-state index in [9.17, 15) is 9.18 Å². The average molecular weight is 279 g/mol. The van der Waals surface area contributed by atoms with Gasteiger partial charge in [0.25, 0.3) is 5.91 Å². The van der Waals surface area contributed by atoms with Gasteiger partial charge in [0.1, 0.15) is 5.82 Å². The summed E-state index contributed by atoms with van der Waals surface area (Å²) in [5.41, 5.74) is 7.28. The Morgan fingerprint density at radius 3 is 2.68 bits per heavy atom. The summed E-state index contributed by atoms with van der Waals surface area (Å²) in [6, 6.07) is 9.22. The summed E-state index contributed by atoms with van der Waals surface area (Å²) in [6.07, 6.45) is 0. The van der Waals surface area contributed by atoms with Gasteiger partial charge in [-0.05, 0) is 36.8 Å². The number of nitrogen functional groups attached to an aromatic ring is 1. The molecule has 0 spiro atoms. The first-order chi connectivity index (χ1) is 8.99. The van der Waals surface area contributed by atoms with Gasteiger partial charge in [-0.2, -0.15) is 0 Å². The Bertz CT molecular complexity index is 623. The number of amides is 1. The molecule has 3 N–H and O–H groups in total. The quantitative estimate of drug-likeness (QED) is 0.824. The molecule has 0 aliphatic rings. The molecular formula is C14H12ClFN2O. The Kier molecular flexibility index (Phi) is 3.71. The largest absolute Gasteiger partial charge is 0.398 e. The van der Waals surface area contributed by atoms with Gasteiger partial charge < -0.3 is 11.1 Å². The Morgan fingerprint density at radius 1 is 1.32 bits per heavy atom. The summed E-state index contributed by atoms with van der Waals surface area (Å²) in [5, 5.41) is 2.57. The van der Waals surface area contributed by atoms with Crippen LogP contribution in [-0.4, -0.2) is 5.91 Å². The Balaban J connectivity index is 2.31. The highest BCUT2D eigenvalue weighted by atomic mass is 35.5. The van der Waals surface area contributed by atoms with Crippen molar-refractivity contribution in [1.82, 2.24) is 0 Å². The number of anilines is 2. The summed E-state index contributed by atoms with van der Waals surface area (Å²) in [5.74, 6) is -1.09. The number of nitrogens with one attached hydrogen (secondary N) is 1. The van der Waals surface area contributed by atoms with Crippen LogP contribution in [0.15, 0.2) is 36.4 Å². The van der Waals surface area contributed by atoms with E-state index in [1.54, 1.807) is 18.2 Å². The summed E-state index contributed by atoms with van der Waals surface area (Å²) in [6.45, 7) is 1.87. The van der Waals surface area contributed by atoms with Crippen molar-refractivity contribution in [2.45, 2.75) is 6.92 Å². The van der Waals surface area contributed by atoms with Crippen LogP contribution in [0.4, 0.5) is 15.8 Å². The summed E-state index contributed by atoms with van der Waals surface area (Å²) in [4.78, 5) is 12.0. The van der Waals surface area contributed by atoms with Gasteiger partial charge >= 0.3 is 0 Å². The normalized spacial score (nSPS) is 10.3. The van der Waals surface area contributed by atoms with Crippen LogP contribution in [0, 0.1) is 12.7 Å². The smallest absolute Gasteiger partial charge is 0.257 e. The van der Waals surface area contributed by atoms with Crippen LogP contribution >= 0.6 is 11.6 Å². The van der Waals surface area contributed by atoms with Gasteiger partial charge in [0.2, 0.25) is 0 Å². The average Bonchev–Trinajstić information content (AvgIpc) is 2.33. The molecule has 19 heavy (non-hydrogen) atoms. The third kappa shape index (κ3) is 2.85. The van der Waals surface area contributed by atoms with Crippen molar-refractivity contribution >= 4 is 28.9 Å². The summed E-state index contributed by atoms with van der Waals surface area (Å²) >= 11 is 5.84. The highest BCUT2D eigenvalue weighted by Crippen LogP contribution is 2.26. The van der Waals surface area contributed by atoms with E-state index in [1.807, 2.05) is 6.92 Å². The minimum absolute atomic E-state index is 0.0471. The standard InChI is InChI=1S/C14H12ClFN2O/c1-8-5-6-9(12(17)7-8)14(19)18-13-10(15)3-2-4-11(13)16/h2-7H,17H2,1H3,(H,18,19). The van der Waals surface area contributed by atoms with Crippen LogP contribution in [0.5, 0.6) is 0 Å². The monoisotopic (exact) mass is 278 g/mol. The number of benzene rings is 2. The van der Waals surface area contributed by atoms with Gasteiger partial charge in [0.15, 0.2) is 0 Å². The first-order valence-electron chi connectivity index (χ1n) is 5.60. The minimum Gasteiger partial charge on any atom is -0.398 e. The molecule has 0 saturated carbocycles. The van der Waals surface area contributed by atoms with E-state index < -0.39 is 11.7 Å². The van der Waals surface area contributed by atoms with Crippen molar-refractivity contribution < 1.29 is 9.18 Å². The lowest BCUT2D eigenvalue weighted by Gasteiger charge is -2.10. The number of rotatable bonds is 2. The van der Waals surface area contributed by atoms with Gasteiger partial charge in [-0.15, -0.1) is 0 Å². The lowest BCUT2D eigenvalue weighted by Crippen LogP contribution is -2.15. The van der Waals surface area contributed by atoms with E-state index in [0.29, 0.717) is 5.69 Å². The van der Waals surface area contributed by atoms with Crippen molar-refractivity contribution in [3.8, 4) is 0 Å². The summed E-state index contributed by atoms with van der Waals surface area (Å²) in [7, 11) is 0. The molecule has 5 heteroatoms. The second-order valence-electron chi connectivity index (χ2n) is 4.14. The molecule has 0 aromatic heterocycles. The van der Waals surface area contributed by atoms with Gasteiger partial charge in [-0.1, -0.05) is 23.7 Å². The van der Waals surface area contributed by atoms with E-state index in [1.165, 1.54) is 18.2 Å². The van der Waals surface area contributed by atoms with E-state index >= 15 is 0 Å². The molecule has 0 unspecified atom stereocenters. The highest BCUT2D eigenvalue weighted by Gasteiger charge is 2.14. The maximum atomic E-state index is 13.6. The second kappa shape index (κ2) is 5.28. The van der Waals surface area contributed by atoms with Crippen molar-refractivity contribution in [3.63, 3.8) is 0 Å². The van der Waals surface area contributed by atoms with Gasteiger partial charge in [-0.25, -0.2) is 4.39 Å². The molecule has 0 heterocycles. The van der Waals surface area contributed by atoms with Crippen LogP contribution in [0.2, 0.25) is 5.02 Å². The molecule has 0 atom stereocenters. The predicted octanol–water partition coefficient (Wildman–Crippen LogP) is 3.62. The Morgan fingerprint density at radius 2 is 2.05 bits per heavy atom. The molecule has 0 bridgehead atoms. The SMILES string of the molecule is Cc1ccc(C(=O)Nc2c(F)cccc2Cl)c(N)c1. The van der Waals surface area contributed by atoms with Crippen molar-refractivity contribution in [2.75, 3.05) is 11.1 Å². The first-order valence-corrected chi connectivity index (χ1v) is 5.98. The molecule has 2 rings (SSSR count). The first kappa shape index (κ1) is 13.4. The van der Waals surface area contributed by atoms with Crippen LogP contribution in [0.3, 0.4) is 0 Å². The van der Waals surface area contributed by atoms with Gasteiger partial charge in [-0.3, -0.25) is 4.79 Å². The lowest BCUT2D eigenvalue weighted by molar-refractivity contribution is 0.102. The molecule has 2 aromatic rings. The fourth-order valence-corrected chi connectivity index (χ4v) is 1.90. The zero-order valence-corrected chi connectivity index (χ0v) is 11.0. The van der Waals surface area contributed by atoms with E-state index in [0.717, 1.165) is 5.56 Å². The van der Waals surface area contributed by atoms with Crippen molar-refractivity contribution in [2.24, 2.45) is 0 Å². The number of aryl methyl sites for hydroxylation is 1. The number of hydrogen-bond donors (Lipinski definition) is 2. The third-order valence-corrected chi connectivity index (χ3v) is 2.97. The molecule has 0 saturated heterocycles. The number of halogens is 2. The van der Waals surface area contributed by atoms with Crippen molar-refractivity contribution in [3.05, 3.63) is 58.4 Å². The Labute approximate surface area is 115 Å². The zero-order valence-electron chi connectivity index (χ0n) is 10.2. The third-order valence-electron chi connectivity index (χ3n) is 2.65. The van der Waals surface area contributed by atoms with Crippen LogP contribution < -0.4 is 11.1 Å². The molecule has 0 aliphatic heterocycles. The summed E-state index contributed by atoms with van der Waals surface area (Å²) < 4.78 is 13.6. The maximum absolute atomic E-state index is 13.6.